The van der Waals surface area contributed by atoms with Gasteiger partial charge in [0, 0.05) is 4.47 Å². The Morgan fingerprint density at radius 1 is 1.10 bits per heavy atom. The third kappa shape index (κ3) is 3.35. The molecule has 0 atom stereocenters. The molecule has 0 bridgehead atoms. The number of benzene rings is 2. The van der Waals surface area contributed by atoms with Gasteiger partial charge in [0.25, 0.3) is 5.91 Å². The van der Waals surface area contributed by atoms with Crippen LogP contribution in [-0.2, 0) is 0 Å². The molecule has 2 nitrogen and oxygen atoms in total. The minimum Gasteiger partial charge on any atom is -0.320 e. The molecule has 0 fully saturated rings. The van der Waals surface area contributed by atoms with Crippen molar-refractivity contribution in [1.29, 1.82) is 0 Å². The number of hydrogen-bond acceptors (Lipinski definition) is 1. The summed E-state index contributed by atoms with van der Waals surface area (Å²) in [6.07, 6.45) is 0. The highest BCUT2D eigenvalue weighted by atomic mass is 79.9. The Labute approximate surface area is 136 Å². The van der Waals surface area contributed by atoms with Crippen molar-refractivity contribution in [3.8, 4) is 0 Å². The number of carbonyl (C=O) groups excluding carboxylic acids is 1. The number of rotatable bonds is 2. The van der Waals surface area contributed by atoms with E-state index in [0.29, 0.717) is 21.3 Å². The predicted molar refractivity (Wildman–Crippen MR) is 88.0 cm³/mol. The van der Waals surface area contributed by atoms with E-state index in [0.717, 1.165) is 15.6 Å². The molecular formula is C15H12BrCl2NO. The van der Waals surface area contributed by atoms with E-state index in [4.69, 9.17) is 23.2 Å². The number of anilines is 1. The molecule has 1 amide bonds. The van der Waals surface area contributed by atoms with Gasteiger partial charge in [-0.15, -0.1) is 0 Å². The molecule has 2 rings (SSSR count). The fourth-order valence-corrected chi connectivity index (χ4v) is 2.86. The molecule has 0 radical (unpaired) electrons. The van der Waals surface area contributed by atoms with Gasteiger partial charge in [-0.1, -0.05) is 45.2 Å². The zero-order chi connectivity index (χ0) is 14.9. The normalized spacial score (nSPS) is 10.4. The number of nitrogens with one attached hydrogen (secondary N) is 1. The van der Waals surface area contributed by atoms with Gasteiger partial charge in [0.2, 0.25) is 0 Å². The molecule has 0 aliphatic rings. The second-order valence-corrected chi connectivity index (χ2v) is 6.25. The quantitative estimate of drug-likeness (QED) is 0.727. The first kappa shape index (κ1) is 15.4. The van der Waals surface area contributed by atoms with Crippen molar-refractivity contribution >= 4 is 50.7 Å². The molecule has 20 heavy (non-hydrogen) atoms. The summed E-state index contributed by atoms with van der Waals surface area (Å²) in [5, 5.41) is 3.72. The topological polar surface area (TPSA) is 29.1 Å². The molecule has 2 aromatic rings. The van der Waals surface area contributed by atoms with Gasteiger partial charge >= 0.3 is 0 Å². The SMILES string of the molecule is Cc1cc(C)c(NC(=O)c2cc(Br)ccc2Cl)c(Cl)c1. The van der Waals surface area contributed by atoms with Gasteiger partial charge in [-0.05, 0) is 49.2 Å². The highest BCUT2D eigenvalue weighted by Crippen LogP contribution is 2.29. The second kappa shape index (κ2) is 6.17. The summed E-state index contributed by atoms with van der Waals surface area (Å²) in [5.41, 5.74) is 2.97. The molecule has 0 saturated carbocycles. The van der Waals surface area contributed by atoms with Crippen LogP contribution in [0.3, 0.4) is 0 Å². The van der Waals surface area contributed by atoms with E-state index in [-0.39, 0.29) is 5.91 Å². The molecular weight excluding hydrogens is 361 g/mol. The van der Waals surface area contributed by atoms with E-state index in [1.807, 2.05) is 26.0 Å². The fourth-order valence-electron chi connectivity index (χ4n) is 1.93. The first-order valence-electron chi connectivity index (χ1n) is 5.91. The fraction of sp³-hybridized carbons (Fsp3) is 0.133. The first-order valence-corrected chi connectivity index (χ1v) is 7.46. The molecule has 0 aromatic heterocycles. The van der Waals surface area contributed by atoms with Crippen LogP contribution < -0.4 is 5.32 Å². The molecule has 2 aromatic carbocycles. The zero-order valence-electron chi connectivity index (χ0n) is 10.9. The van der Waals surface area contributed by atoms with Crippen LogP contribution in [0.2, 0.25) is 10.0 Å². The van der Waals surface area contributed by atoms with Gasteiger partial charge in [0.15, 0.2) is 0 Å². The maximum absolute atomic E-state index is 12.3. The van der Waals surface area contributed by atoms with E-state index < -0.39 is 0 Å². The third-order valence-corrected chi connectivity index (χ3v) is 3.96. The lowest BCUT2D eigenvalue weighted by Crippen LogP contribution is -2.14. The molecule has 0 unspecified atom stereocenters. The van der Waals surface area contributed by atoms with Gasteiger partial charge in [0.1, 0.15) is 0 Å². The largest absolute Gasteiger partial charge is 0.320 e. The van der Waals surface area contributed by atoms with Crippen molar-refractivity contribution in [2.75, 3.05) is 5.32 Å². The average molecular weight is 373 g/mol. The zero-order valence-corrected chi connectivity index (χ0v) is 14.0. The lowest BCUT2D eigenvalue weighted by molar-refractivity contribution is 0.102. The maximum atomic E-state index is 12.3. The van der Waals surface area contributed by atoms with Crippen LogP contribution in [0, 0.1) is 13.8 Å². The van der Waals surface area contributed by atoms with Crippen molar-refractivity contribution in [3.63, 3.8) is 0 Å². The number of amides is 1. The monoisotopic (exact) mass is 371 g/mol. The van der Waals surface area contributed by atoms with E-state index in [9.17, 15) is 4.79 Å². The summed E-state index contributed by atoms with van der Waals surface area (Å²) in [4.78, 5) is 12.3. The Morgan fingerprint density at radius 3 is 2.45 bits per heavy atom. The smallest absolute Gasteiger partial charge is 0.257 e. The van der Waals surface area contributed by atoms with Crippen molar-refractivity contribution in [1.82, 2.24) is 0 Å². The predicted octanol–water partition coefficient (Wildman–Crippen LogP) is 5.63. The summed E-state index contributed by atoms with van der Waals surface area (Å²) < 4.78 is 0.791. The Morgan fingerprint density at radius 2 is 1.80 bits per heavy atom. The van der Waals surface area contributed by atoms with Gasteiger partial charge in [0.05, 0.1) is 21.3 Å². The van der Waals surface area contributed by atoms with Gasteiger partial charge in [-0.2, -0.15) is 0 Å². The Hall–Kier alpha value is -1.03. The van der Waals surface area contributed by atoms with Gasteiger partial charge in [-0.25, -0.2) is 0 Å². The van der Waals surface area contributed by atoms with E-state index in [1.165, 1.54) is 0 Å². The van der Waals surface area contributed by atoms with Crippen LogP contribution in [0.5, 0.6) is 0 Å². The van der Waals surface area contributed by atoms with Gasteiger partial charge < -0.3 is 5.32 Å². The summed E-state index contributed by atoms with van der Waals surface area (Å²) in [6.45, 7) is 3.85. The second-order valence-electron chi connectivity index (χ2n) is 4.52. The molecule has 5 heteroatoms. The molecule has 0 aliphatic heterocycles. The summed E-state index contributed by atoms with van der Waals surface area (Å²) in [5.74, 6) is -0.287. The number of carbonyl (C=O) groups is 1. The molecule has 0 heterocycles. The molecule has 0 aliphatic carbocycles. The van der Waals surface area contributed by atoms with E-state index >= 15 is 0 Å². The summed E-state index contributed by atoms with van der Waals surface area (Å²) in [6, 6.07) is 8.90. The summed E-state index contributed by atoms with van der Waals surface area (Å²) in [7, 11) is 0. The van der Waals surface area contributed by atoms with E-state index in [2.05, 4.69) is 21.2 Å². The van der Waals surface area contributed by atoms with Crippen LogP contribution in [0.25, 0.3) is 0 Å². The molecule has 104 valence electrons. The van der Waals surface area contributed by atoms with Crippen molar-refractivity contribution in [2.24, 2.45) is 0 Å². The minimum atomic E-state index is -0.287. The van der Waals surface area contributed by atoms with Crippen LogP contribution in [0.1, 0.15) is 21.5 Å². The third-order valence-electron chi connectivity index (χ3n) is 2.84. The average Bonchev–Trinajstić information content (AvgIpc) is 2.36. The maximum Gasteiger partial charge on any atom is 0.257 e. The first-order chi connectivity index (χ1) is 9.38. The Kier molecular flexibility index (Phi) is 4.74. The van der Waals surface area contributed by atoms with Crippen molar-refractivity contribution in [3.05, 3.63) is 61.5 Å². The Balaban J connectivity index is 2.35. The van der Waals surface area contributed by atoms with Crippen LogP contribution >= 0.6 is 39.1 Å². The molecule has 1 N–H and O–H groups in total. The lowest BCUT2D eigenvalue weighted by Gasteiger charge is -2.12. The van der Waals surface area contributed by atoms with Crippen LogP contribution in [-0.4, -0.2) is 5.91 Å². The van der Waals surface area contributed by atoms with Gasteiger partial charge in [-0.3, -0.25) is 4.79 Å². The van der Waals surface area contributed by atoms with E-state index in [1.54, 1.807) is 18.2 Å². The lowest BCUT2D eigenvalue weighted by atomic mass is 10.1. The number of aryl methyl sites for hydroxylation is 2. The molecule has 0 saturated heterocycles. The van der Waals surface area contributed by atoms with Crippen LogP contribution in [0.15, 0.2) is 34.8 Å². The standard InChI is InChI=1S/C15H12BrCl2NO/c1-8-5-9(2)14(13(18)6-8)19-15(20)11-7-10(16)3-4-12(11)17/h3-7H,1-2H3,(H,19,20). The van der Waals surface area contributed by atoms with Crippen molar-refractivity contribution < 1.29 is 4.79 Å². The highest BCUT2D eigenvalue weighted by molar-refractivity contribution is 9.10. The number of halogens is 3. The van der Waals surface area contributed by atoms with Crippen molar-refractivity contribution in [2.45, 2.75) is 13.8 Å². The van der Waals surface area contributed by atoms with Crippen LogP contribution in [0.4, 0.5) is 5.69 Å². The highest BCUT2D eigenvalue weighted by Gasteiger charge is 2.14. The minimum absolute atomic E-state index is 0.287. The number of hydrogen-bond donors (Lipinski definition) is 1. The molecule has 0 spiro atoms. The Bertz CT molecular complexity index is 663. The summed E-state index contributed by atoms with van der Waals surface area (Å²) >= 11 is 15.6.